The summed E-state index contributed by atoms with van der Waals surface area (Å²) in [6, 6.07) is 8.86. The van der Waals surface area contributed by atoms with Gasteiger partial charge in [0.15, 0.2) is 0 Å². The summed E-state index contributed by atoms with van der Waals surface area (Å²) in [4.78, 5) is 6.04. The summed E-state index contributed by atoms with van der Waals surface area (Å²) in [5.41, 5.74) is 8.30. The molecule has 1 aromatic carbocycles. The maximum absolute atomic E-state index is 9.88. The molecule has 1 atom stereocenters. The van der Waals surface area contributed by atoms with Gasteiger partial charge in [0, 0.05) is 11.6 Å². The third-order valence-corrected chi connectivity index (χ3v) is 5.67. The molecule has 8 nitrogen and oxygen atoms in total. The van der Waals surface area contributed by atoms with Gasteiger partial charge in [-0.2, -0.15) is 0 Å². The van der Waals surface area contributed by atoms with Crippen molar-refractivity contribution in [3.05, 3.63) is 59.8 Å². The Bertz CT molecular complexity index is 1020. The van der Waals surface area contributed by atoms with Crippen LogP contribution in [0.1, 0.15) is 22.8 Å². The number of hydrogen-bond donors (Lipinski definition) is 3. The van der Waals surface area contributed by atoms with E-state index in [4.69, 9.17) is 19.6 Å². The molecular formula is C21H24N4O4+2. The molecule has 1 saturated heterocycles. The lowest BCUT2D eigenvalue weighted by molar-refractivity contribution is -0.925. The number of nitrogens with two attached hydrogens (primary N) is 1. The number of morpholine rings is 1. The minimum atomic E-state index is -0.250. The van der Waals surface area contributed by atoms with E-state index in [0.717, 1.165) is 56.3 Å². The van der Waals surface area contributed by atoms with Gasteiger partial charge >= 0.3 is 5.88 Å². The van der Waals surface area contributed by atoms with Crippen LogP contribution in [0, 0.1) is 0 Å². The Morgan fingerprint density at radius 2 is 2.10 bits per heavy atom. The molecule has 3 aromatic rings. The number of ether oxygens (including phenoxy) is 2. The summed E-state index contributed by atoms with van der Waals surface area (Å²) >= 11 is 0. The number of phenols is 1. The van der Waals surface area contributed by atoms with Crippen LogP contribution >= 0.6 is 0 Å². The Hall–Kier alpha value is -3.10. The summed E-state index contributed by atoms with van der Waals surface area (Å²) < 4.78 is 19.1. The van der Waals surface area contributed by atoms with Crippen LogP contribution in [0.25, 0.3) is 0 Å². The Morgan fingerprint density at radius 3 is 2.90 bits per heavy atom. The molecule has 0 radical (unpaired) electrons. The second-order valence-corrected chi connectivity index (χ2v) is 7.43. The number of rotatable bonds is 4. The van der Waals surface area contributed by atoms with Crippen LogP contribution in [0.15, 0.2) is 47.3 Å². The molecule has 4 N–H and O–H groups in total. The van der Waals surface area contributed by atoms with Gasteiger partial charge in [-0.1, -0.05) is 11.1 Å². The van der Waals surface area contributed by atoms with E-state index >= 15 is 0 Å². The van der Waals surface area contributed by atoms with Crippen molar-refractivity contribution in [1.29, 1.82) is 0 Å². The predicted molar refractivity (Wildman–Crippen MR) is 103 cm³/mol. The fourth-order valence-electron chi connectivity index (χ4n) is 4.10. The summed E-state index contributed by atoms with van der Waals surface area (Å²) in [6.45, 7) is 5.33. The molecule has 5 rings (SSSR count). The van der Waals surface area contributed by atoms with E-state index in [-0.39, 0.29) is 11.7 Å². The smallest absolute Gasteiger partial charge is 0.306 e. The third-order valence-electron chi connectivity index (χ3n) is 5.67. The number of benzene rings is 1. The van der Waals surface area contributed by atoms with Gasteiger partial charge in [0.1, 0.15) is 49.0 Å². The van der Waals surface area contributed by atoms with Gasteiger partial charge in [0.25, 0.3) is 0 Å². The Kier molecular flexibility index (Phi) is 4.57. The molecular weight excluding hydrogens is 372 g/mol. The van der Waals surface area contributed by atoms with E-state index in [1.165, 1.54) is 4.90 Å². The zero-order valence-corrected chi connectivity index (χ0v) is 16.0. The van der Waals surface area contributed by atoms with Crippen LogP contribution in [0.5, 0.6) is 17.4 Å². The number of aromatic nitrogens is 2. The van der Waals surface area contributed by atoms with Gasteiger partial charge in [-0.15, -0.1) is 0 Å². The number of aromatic hydroxyl groups is 1. The first-order valence-corrected chi connectivity index (χ1v) is 9.84. The maximum atomic E-state index is 9.88. The van der Waals surface area contributed by atoms with Crippen LogP contribution < -0.4 is 19.9 Å². The number of nitrogens with zero attached hydrogens (tertiary/aromatic N) is 2. The lowest BCUT2D eigenvalue weighted by Crippen LogP contribution is -3.14. The number of furan rings is 1. The van der Waals surface area contributed by atoms with Crippen molar-refractivity contribution in [2.24, 2.45) is 0 Å². The van der Waals surface area contributed by atoms with Crippen LogP contribution in [0.2, 0.25) is 0 Å². The molecule has 2 aliphatic rings. The molecule has 4 heterocycles. The highest BCUT2D eigenvalue weighted by Gasteiger charge is 2.38. The second-order valence-electron chi connectivity index (χ2n) is 7.43. The first-order chi connectivity index (χ1) is 14.2. The summed E-state index contributed by atoms with van der Waals surface area (Å²) in [6.07, 6.45) is 3.37. The molecule has 1 fully saturated rings. The highest BCUT2D eigenvalue weighted by molar-refractivity contribution is 5.60. The SMILES string of the molecule is Nc1c2c(nc[n+]1CC[NH+]1CCOCC1)Oc1cc(O)ccc1[C@H]2c1ccco1. The number of fused-ring (bicyclic) bond motifs is 2. The Balaban J connectivity index is 1.53. The topological polar surface area (TPSA) is 99.1 Å². The van der Waals surface area contributed by atoms with Crippen molar-refractivity contribution in [3.63, 3.8) is 0 Å². The van der Waals surface area contributed by atoms with E-state index < -0.39 is 0 Å². The molecule has 0 saturated carbocycles. The minimum Gasteiger partial charge on any atom is -0.508 e. The minimum absolute atomic E-state index is 0.137. The second kappa shape index (κ2) is 7.38. The van der Waals surface area contributed by atoms with Gasteiger partial charge in [-0.25, -0.2) is 4.57 Å². The van der Waals surface area contributed by atoms with Gasteiger partial charge < -0.3 is 29.6 Å². The van der Waals surface area contributed by atoms with Crippen molar-refractivity contribution in [2.45, 2.75) is 12.5 Å². The summed E-state index contributed by atoms with van der Waals surface area (Å²) in [5, 5.41) is 9.88. The van der Waals surface area contributed by atoms with Gasteiger partial charge in [-0.05, 0) is 18.2 Å². The van der Waals surface area contributed by atoms with E-state index in [9.17, 15) is 5.11 Å². The van der Waals surface area contributed by atoms with E-state index in [2.05, 4.69) is 4.98 Å². The fourth-order valence-corrected chi connectivity index (χ4v) is 4.10. The van der Waals surface area contributed by atoms with E-state index in [1.807, 2.05) is 22.8 Å². The molecule has 0 spiro atoms. The summed E-state index contributed by atoms with van der Waals surface area (Å²) in [7, 11) is 0. The zero-order chi connectivity index (χ0) is 19.8. The lowest BCUT2D eigenvalue weighted by Gasteiger charge is -2.26. The van der Waals surface area contributed by atoms with Gasteiger partial charge in [0.2, 0.25) is 12.1 Å². The fraction of sp³-hybridized carbons (Fsp3) is 0.333. The highest BCUT2D eigenvalue weighted by atomic mass is 16.5. The number of nitrogens with one attached hydrogen (secondary N) is 1. The number of quaternary nitrogens is 1. The number of phenolic OH excluding ortho intramolecular Hbond substituents is 1. The molecule has 0 bridgehead atoms. The van der Waals surface area contributed by atoms with Crippen LogP contribution in [-0.4, -0.2) is 42.9 Å². The quantitative estimate of drug-likeness (QED) is 0.433. The number of hydrogen-bond acceptors (Lipinski definition) is 6. The molecule has 0 amide bonds. The maximum Gasteiger partial charge on any atom is 0.306 e. The Morgan fingerprint density at radius 1 is 1.24 bits per heavy atom. The molecule has 2 aromatic heterocycles. The average molecular weight is 396 g/mol. The normalized spacial score (nSPS) is 18.7. The molecule has 29 heavy (non-hydrogen) atoms. The number of nitrogen functional groups attached to an aromatic ring is 1. The van der Waals surface area contributed by atoms with Crippen LogP contribution in [0.4, 0.5) is 5.82 Å². The van der Waals surface area contributed by atoms with Gasteiger partial charge in [0.05, 0.1) is 25.4 Å². The first kappa shape index (κ1) is 18.0. The van der Waals surface area contributed by atoms with Crippen LogP contribution in [-0.2, 0) is 11.3 Å². The zero-order valence-electron chi connectivity index (χ0n) is 16.0. The molecule has 2 aliphatic heterocycles. The van der Waals surface area contributed by atoms with E-state index in [0.29, 0.717) is 17.4 Å². The standard InChI is InChI=1S/C21H22N4O4/c22-20-19-18(16-2-1-9-28-16)15-4-3-14(26)12-17(15)29-21(19)23-13-25(20)6-5-24-7-10-27-11-8-24/h1-4,9,12-13,18,22,26H,5-8,10-11H2/p+2/t18-/m0/s1. The lowest BCUT2D eigenvalue weighted by atomic mass is 9.87. The monoisotopic (exact) mass is 396 g/mol. The molecule has 0 unspecified atom stereocenters. The molecule has 8 heteroatoms. The van der Waals surface area contributed by atoms with Crippen LogP contribution in [0.3, 0.4) is 0 Å². The Labute approximate surface area is 168 Å². The third kappa shape index (κ3) is 3.30. The number of anilines is 1. The predicted octanol–water partition coefficient (Wildman–Crippen LogP) is 0.451. The van der Waals surface area contributed by atoms with Gasteiger partial charge in [-0.3, -0.25) is 0 Å². The van der Waals surface area contributed by atoms with Crippen molar-refractivity contribution in [1.82, 2.24) is 4.98 Å². The highest BCUT2D eigenvalue weighted by Crippen LogP contribution is 2.48. The van der Waals surface area contributed by atoms with Crippen molar-refractivity contribution >= 4 is 5.82 Å². The first-order valence-electron chi connectivity index (χ1n) is 9.84. The van der Waals surface area contributed by atoms with Crippen molar-refractivity contribution in [2.75, 3.05) is 38.6 Å². The van der Waals surface area contributed by atoms with E-state index in [1.54, 1.807) is 24.7 Å². The van der Waals surface area contributed by atoms with Crippen molar-refractivity contribution < 1.29 is 28.5 Å². The summed E-state index contributed by atoms with van der Waals surface area (Å²) in [5.74, 6) is 2.26. The molecule has 0 aliphatic carbocycles. The average Bonchev–Trinajstić information content (AvgIpc) is 3.27. The largest absolute Gasteiger partial charge is 0.508 e. The molecule has 150 valence electrons. The van der Waals surface area contributed by atoms with Crippen molar-refractivity contribution in [3.8, 4) is 17.4 Å².